The molecule has 1 rings (SSSR count). The third-order valence-electron chi connectivity index (χ3n) is 2.62. The number of esters is 1. The zero-order valence-corrected chi connectivity index (χ0v) is 10.7. The quantitative estimate of drug-likeness (QED) is 0.578. The van der Waals surface area contributed by atoms with Crippen molar-refractivity contribution in [3.05, 3.63) is 11.8 Å². The molecule has 100 valence electrons. The molecule has 0 aromatic carbocycles. The Kier molecular flexibility index (Phi) is 5.29. The highest BCUT2D eigenvalue weighted by molar-refractivity contribution is 5.83. The van der Waals surface area contributed by atoms with Crippen LogP contribution in [0.15, 0.2) is 4.42 Å². The van der Waals surface area contributed by atoms with Gasteiger partial charge in [0.15, 0.2) is 0 Å². The maximum atomic E-state index is 11.4. The Labute approximate surface area is 105 Å². The van der Waals surface area contributed by atoms with E-state index < -0.39 is 12.0 Å². The van der Waals surface area contributed by atoms with Crippen molar-refractivity contribution in [2.24, 2.45) is 5.92 Å². The summed E-state index contributed by atoms with van der Waals surface area (Å²) >= 11 is 0. The molecule has 1 amide bonds. The van der Waals surface area contributed by atoms with Crippen LogP contribution in [-0.2, 0) is 9.53 Å². The standard InChI is InChI=1S/C11H17N3O4/c1-4-7(3)8(12-6-15)9-13-14-10(18-9)11(16)17-5-2/h6-8H,4-5H2,1-3H3,(H,12,15)/t7?,8-/m0/s1. The first-order valence-corrected chi connectivity index (χ1v) is 5.84. The Morgan fingerprint density at radius 2 is 2.22 bits per heavy atom. The predicted molar refractivity (Wildman–Crippen MR) is 61.7 cm³/mol. The number of rotatable bonds is 7. The van der Waals surface area contributed by atoms with Crippen LogP contribution < -0.4 is 5.32 Å². The molecule has 1 aromatic rings. The molecular weight excluding hydrogens is 238 g/mol. The van der Waals surface area contributed by atoms with Crippen LogP contribution in [0, 0.1) is 5.92 Å². The molecule has 18 heavy (non-hydrogen) atoms. The van der Waals surface area contributed by atoms with Crippen molar-refractivity contribution in [2.45, 2.75) is 33.2 Å². The van der Waals surface area contributed by atoms with Crippen LogP contribution in [0.3, 0.4) is 0 Å². The van der Waals surface area contributed by atoms with Crippen LogP contribution in [0.25, 0.3) is 0 Å². The molecule has 0 spiro atoms. The molecule has 1 N–H and O–H groups in total. The van der Waals surface area contributed by atoms with Crippen LogP contribution >= 0.6 is 0 Å². The van der Waals surface area contributed by atoms with Gasteiger partial charge in [-0.2, -0.15) is 0 Å². The van der Waals surface area contributed by atoms with Crippen LogP contribution in [0.2, 0.25) is 0 Å². The molecule has 0 bridgehead atoms. The largest absolute Gasteiger partial charge is 0.459 e. The van der Waals surface area contributed by atoms with E-state index >= 15 is 0 Å². The number of nitrogens with one attached hydrogen (secondary N) is 1. The minimum absolute atomic E-state index is 0.116. The fourth-order valence-electron chi connectivity index (χ4n) is 1.42. The van der Waals surface area contributed by atoms with Crippen LogP contribution in [0.4, 0.5) is 0 Å². The van der Waals surface area contributed by atoms with E-state index in [1.165, 1.54) is 0 Å². The van der Waals surface area contributed by atoms with Crippen LogP contribution in [0.1, 0.15) is 49.8 Å². The number of carbonyl (C=O) groups is 2. The van der Waals surface area contributed by atoms with E-state index in [1.54, 1.807) is 6.92 Å². The third kappa shape index (κ3) is 3.28. The summed E-state index contributed by atoms with van der Waals surface area (Å²) in [6.45, 7) is 5.84. The van der Waals surface area contributed by atoms with Gasteiger partial charge in [0, 0.05) is 0 Å². The van der Waals surface area contributed by atoms with Gasteiger partial charge in [-0.25, -0.2) is 4.79 Å². The van der Waals surface area contributed by atoms with Crippen molar-refractivity contribution in [2.75, 3.05) is 6.61 Å². The summed E-state index contributed by atoms with van der Waals surface area (Å²) in [5, 5.41) is 9.98. The lowest BCUT2D eigenvalue weighted by Crippen LogP contribution is -2.25. The zero-order valence-electron chi connectivity index (χ0n) is 10.7. The molecule has 0 aliphatic carbocycles. The molecule has 0 saturated carbocycles. The lowest BCUT2D eigenvalue weighted by atomic mass is 9.99. The molecule has 7 nitrogen and oxygen atoms in total. The minimum atomic E-state index is -0.662. The van der Waals surface area contributed by atoms with E-state index in [4.69, 9.17) is 9.15 Å². The molecule has 0 saturated heterocycles. The van der Waals surface area contributed by atoms with Gasteiger partial charge in [0.2, 0.25) is 12.3 Å². The van der Waals surface area contributed by atoms with Crippen molar-refractivity contribution in [3.63, 3.8) is 0 Å². The van der Waals surface area contributed by atoms with Crippen molar-refractivity contribution in [1.29, 1.82) is 0 Å². The Balaban J connectivity index is 2.86. The fourth-order valence-corrected chi connectivity index (χ4v) is 1.42. The van der Waals surface area contributed by atoms with E-state index in [1.807, 2.05) is 13.8 Å². The number of carbonyl (C=O) groups excluding carboxylic acids is 2. The number of hydrogen-bond donors (Lipinski definition) is 1. The van der Waals surface area contributed by atoms with E-state index in [0.29, 0.717) is 6.41 Å². The summed E-state index contributed by atoms with van der Waals surface area (Å²) in [6.07, 6.45) is 1.40. The Morgan fingerprint density at radius 3 is 2.78 bits per heavy atom. The van der Waals surface area contributed by atoms with Gasteiger partial charge in [-0.1, -0.05) is 20.3 Å². The average molecular weight is 255 g/mol. The maximum Gasteiger partial charge on any atom is 0.396 e. The molecular formula is C11H17N3O4. The zero-order chi connectivity index (χ0) is 13.5. The number of aromatic nitrogens is 2. The summed E-state index contributed by atoms with van der Waals surface area (Å²) in [6, 6.07) is -0.400. The number of hydrogen-bond acceptors (Lipinski definition) is 6. The first-order valence-electron chi connectivity index (χ1n) is 5.84. The third-order valence-corrected chi connectivity index (χ3v) is 2.62. The summed E-state index contributed by atoms with van der Waals surface area (Å²) in [5.74, 6) is -0.539. The Bertz CT molecular complexity index is 405. The number of amides is 1. The predicted octanol–water partition coefficient (Wildman–Crippen LogP) is 1.08. The van der Waals surface area contributed by atoms with Gasteiger partial charge in [0.05, 0.1) is 6.61 Å². The highest BCUT2D eigenvalue weighted by Crippen LogP contribution is 2.22. The van der Waals surface area contributed by atoms with Gasteiger partial charge in [-0.3, -0.25) is 4.79 Å². The van der Waals surface area contributed by atoms with E-state index in [0.717, 1.165) is 6.42 Å². The molecule has 2 atom stereocenters. The van der Waals surface area contributed by atoms with Crippen molar-refractivity contribution in [3.8, 4) is 0 Å². The summed E-state index contributed by atoms with van der Waals surface area (Å²) in [7, 11) is 0. The molecule has 7 heteroatoms. The molecule has 0 aliphatic heterocycles. The smallest absolute Gasteiger partial charge is 0.396 e. The minimum Gasteiger partial charge on any atom is -0.459 e. The summed E-state index contributed by atoms with van der Waals surface area (Å²) in [5.41, 5.74) is 0. The molecule has 1 heterocycles. The highest BCUT2D eigenvalue weighted by Gasteiger charge is 2.25. The van der Waals surface area contributed by atoms with Gasteiger partial charge in [-0.15, -0.1) is 10.2 Å². The first kappa shape index (κ1) is 14.1. The highest BCUT2D eigenvalue weighted by atomic mass is 16.5. The number of ether oxygens (including phenoxy) is 1. The second kappa shape index (κ2) is 6.73. The van der Waals surface area contributed by atoms with Gasteiger partial charge in [-0.05, 0) is 12.8 Å². The molecule has 1 unspecified atom stereocenters. The van der Waals surface area contributed by atoms with Crippen LogP contribution in [0.5, 0.6) is 0 Å². The summed E-state index contributed by atoms with van der Waals surface area (Å²) in [4.78, 5) is 21.9. The van der Waals surface area contributed by atoms with Gasteiger partial charge < -0.3 is 14.5 Å². The van der Waals surface area contributed by atoms with Crippen molar-refractivity contribution < 1.29 is 18.7 Å². The maximum absolute atomic E-state index is 11.4. The molecule has 0 fully saturated rings. The van der Waals surface area contributed by atoms with Crippen molar-refractivity contribution >= 4 is 12.4 Å². The topological polar surface area (TPSA) is 94.3 Å². The Hall–Kier alpha value is -1.92. The second-order valence-electron chi connectivity index (χ2n) is 3.81. The van der Waals surface area contributed by atoms with E-state index in [-0.39, 0.29) is 24.3 Å². The van der Waals surface area contributed by atoms with E-state index in [2.05, 4.69) is 15.5 Å². The fraction of sp³-hybridized carbons (Fsp3) is 0.636. The van der Waals surface area contributed by atoms with Crippen LogP contribution in [-0.4, -0.2) is 29.2 Å². The average Bonchev–Trinajstić information content (AvgIpc) is 2.84. The normalized spacial score (nSPS) is 13.7. The number of nitrogens with zero attached hydrogens (tertiary/aromatic N) is 2. The molecule has 1 aromatic heterocycles. The van der Waals surface area contributed by atoms with Gasteiger partial charge in [0.1, 0.15) is 6.04 Å². The molecule has 0 aliphatic rings. The lowest BCUT2D eigenvalue weighted by molar-refractivity contribution is -0.110. The van der Waals surface area contributed by atoms with Crippen molar-refractivity contribution in [1.82, 2.24) is 15.5 Å². The second-order valence-corrected chi connectivity index (χ2v) is 3.81. The van der Waals surface area contributed by atoms with Gasteiger partial charge >= 0.3 is 11.9 Å². The monoisotopic (exact) mass is 255 g/mol. The lowest BCUT2D eigenvalue weighted by Gasteiger charge is -2.17. The van der Waals surface area contributed by atoms with E-state index in [9.17, 15) is 9.59 Å². The Morgan fingerprint density at radius 1 is 1.50 bits per heavy atom. The summed E-state index contributed by atoms with van der Waals surface area (Å²) < 4.78 is 9.96. The molecule has 0 radical (unpaired) electrons. The first-order chi connectivity index (χ1) is 8.63. The van der Waals surface area contributed by atoms with Gasteiger partial charge in [0.25, 0.3) is 0 Å². The SMILES string of the molecule is CCOC(=O)c1nnc([C@@H](NC=O)C(C)CC)o1.